The molecule has 3 aliphatic rings. The van der Waals surface area contributed by atoms with Crippen molar-refractivity contribution in [3.63, 3.8) is 0 Å². The van der Waals surface area contributed by atoms with E-state index in [-0.39, 0.29) is 17.6 Å². The summed E-state index contributed by atoms with van der Waals surface area (Å²) in [5.41, 5.74) is 4.05. The first-order valence-corrected chi connectivity index (χ1v) is 13.4. The van der Waals surface area contributed by atoms with Gasteiger partial charge in [0.1, 0.15) is 0 Å². The van der Waals surface area contributed by atoms with Crippen LogP contribution in [0.25, 0.3) is 11.1 Å². The minimum Gasteiger partial charge on any atom is -0.326 e. The van der Waals surface area contributed by atoms with E-state index in [1.165, 1.54) is 0 Å². The molecule has 0 aliphatic carbocycles. The van der Waals surface area contributed by atoms with Crippen LogP contribution in [0.2, 0.25) is 0 Å². The van der Waals surface area contributed by atoms with Crippen molar-refractivity contribution < 1.29 is 13.2 Å². The van der Waals surface area contributed by atoms with Crippen molar-refractivity contribution in [3.05, 3.63) is 84.4 Å². The Morgan fingerprint density at radius 2 is 1.41 bits per heavy atom. The Balaban J connectivity index is 1.19. The van der Waals surface area contributed by atoms with Gasteiger partial charge in [-0.1, -0.05) is 54.6 Å². The first-order valence-electron chi connectivity index (χ1n) is 11.7. The summed E-state index contributed by atoms with van der Waals surface area (Å²) in [5.74, 6) is 0.644. The standard InChI is InChI=1S/C27H29N3O3S/c31-27(26-18-30-16-14-23(26)15-17-30)28-24-10-6-21(7-11-24)22-8-12-25(13-9-22)29-34(32,33)19-20-4-2-1-3-5-20/h1-13,23,26,29H,14-19H2,(H,28,31). The third-order valence-electron chi connectivity index (χ3n) is 6.84. The Labute approximate surface area is 201 Å². The Hall–Kier alpha value is -3.16. The van der Waals surface area contributed by atoms with E-state index < -0.39 is 10.0 Å². The maximum absolute atomic E-state index is 12.8. The first-order chi connectivity index (χ1) is 16.4. The largest absolute Gasteiger partial charge is 0.326 e. The average Bonchev–Trinajstić information content (AvgIpc) is 2.86. The Morgan fingerprint density at radius 3 is 1.97 bits per heavy atom. The number of nitrogens with one attached hydrogen (secondary N) is 2. The molecular formula is C27H29N3O3S. The third-order valence-corrected chi connectivity index (χ3v) is 8.10. The maximum atomic E-state index is 12.8. The van der Waals surface area contributed by atoms with Gasteiger partial charge in [0, 0.05) is 17.9 Å². The lowest BCUT2D eigenvalue weighted by Gasteiger charge is -2.43. The van der Waals surface area contributed by atoms with Crippen LogP contribution in [-0.4, -0.2) is 38.9 Å². The lowest BCUT2D eigenvalue weighted by Crippen LogP contribution is -2.51. The van der Waals surface area contributed by atoms with Crippen LogP contribution in [-0.2, 0) is 20.6 Å². The van der Waals surface area contributed by atoms with Gasteiger partial charge in [0.2, 0.25) is 15.9 Å². The number of carbonyl (C=O) groups excluding carboxylic acids is 1. The number of hydrogen-bond donors (Lipinski definition) is 2. The highest BCUT2D eigenvalue weighted by Crippen LogP contribution is 2.33. The molecule has 0 spiro atoms. The van der Waals surface area contributed by atoms with Crippen molar-refractivity contribution in [1.82, 2.24) is 4.90 Å². The molecule has 2 bridgehead atoms. The van der Waals surface area contributed by atoms with Crippen LogP contribution < -0.4 is 10.0 Å². The van der Waals surface area contributed by atoms with Gasteiger partial charge < -0.3 is 10.2 Å². The molecule has 0 radical (unpaired) electrons. The summed E-state index contributed by atoms with van der Waals surface area (Å²) in [4.78, 5) is 15.2. The number of piperidine rings is 3. The monoisotopic (exact) mass is 475 g/mol. The van der Waals surface area contributed by atoms with E-state index in [9.17, 15) is 13.2 Å². The number of fused-ring (bicyclic) bond motifs is 3. The molecule has 1 atom stereocenters. The van der Waals surface area contributed by atoms with Crippen molar-refractivity contribution in [2.75, 3.05) is 29.7 Å². The second-order valence-electron chi connectivity index (χ2n) is 9.24. The molecular weight excluding hydrogens is 446 g/mol. The molecule has 3 aliphatic heterocycles. The first kappa shape index (κ1) is 22.6. The SMILES string of the molecule is O=C(Nc1ccc(-c2ccc(NS(=O)(=O)Cc3ccccc3)cc2)cc1)C1CN2CCC1CC2. The quantitative estimate of drug-likeness (QED) is 0.525. The molecule has 7 heteroatoms. The van der Waals surface area contributed by atoms with Crippen molar-refractivity contribution in [2.24, 2.45) is 11.8 Å². The van der Waals surface area contributed by atoms with Crippen LogP contribution in [0.15, 0.2) is 78.9 Å². The Kier molecular flexibility index (Phi) is 6.39. The van der Waals surface area contributed by atoms with E-state index in [2.05, 4.69) is 14.9 Å². The van der Waals surface area contributed by atoms with Crippen LogP contribution in [0.3, 0.4) is 0 Å². The molecule has 1 amide bonds. The van der Waals surface area contributed by atoms with E-state index in [1.807, 2.05) is 54.6 Å². The highest BCUT2D eigenvalue weighted by molar-refractivity contribution is 7.91. The molecule has 3 aromatic rings. The Bertz CT molecular complexity index is 1230. The minimum absolute atomic E-state index is 0.0671. The number of carbonyl (C=O) groups is 1. The van der Waals surface area contributed by atoms with Gasteiger partial charge in [-0.2, -0.15) is 0 Å². The molecule has 3 fully saturated rings. The van der Waals surface area contributed by atoms with Gasteiger partial charge in [-0.3, -0.25) is 9.52 Å². The molecule has 1 unspecified atom stereocenters. The zero-order chi connectivity index (χ0) is 23.5. The summed E-state index contributed by atoms with van der Waals surface area (Å²) in [5, 5.41) is 3.09. The molecule has 34 heavy (non-hydrogen) atoms. The minimum atomic E-state index is -3.49. The second kappa shape index (κ2) is 9.60. The van der Waals surface area contributed by atoms with E-state index >= 15 is 0 Å². The number of anilines is 2. The van der Waals surface area contributed by atoms with E-state index in [1.54, 1.807) is 24.3 Å². The lowest BCUT2D eigenvalue weighted by molar-refractivity contribution is -0.125. The zero-order valence-electron chi connectivity index (χ0n) is 19.0. The van der Waals surface area contributed by atoms with Crippen LogP contribution >= 0.6 is 0 Å². The molecule has 6 rings (SSSR count). The lowest BCUT2D eigenvalue weighted by atomic mass is 9.78. The van der Waals surface area contributed by atoms with Crippen molar-refractivity contribution in [3.8, 4) is 11.1 Å². The average molecular weight is 476 g/mol. The fourth-order valence-corrected chi connectivity index (χ4v) is 6.18. The molecule has 2 N–H and O–H groups in total. The molecule has 0 aromatic heterocycles. The van der Waals surface area contributed by atoms with Crippen molar-refractivity contribution in [2.45, 2.75) is 18.6 Å². The number of hydrogen-bond acceptors (Lipinski definition) is 4. The molecule has 3 heterocycles. The summed E-state index contributed by atoms with van der Waals surface area (Å²) >= 11 is 0. The van der Waals surface area contributed by atoms with Gasteiger partial charge in [-0.05, 0) is 72.8 Å². The smallest absolute Gasteiger partial charge is 0.236 e. The van der Waals surface area contributed by atoms with Crippen molar-refractivity contribution in [1.29, 1.82) is 0 Å². The summed E-state index contributed by atoms with van der Waals surface area (Å²) in [6, 6.07) is 24.2. The Morgan fingerprint density at radius 1 is 0.824 bits per heavy atom. The maximum Gasteiger partial charge on any atom is 0.236 e. The van der Waals surface area contributed by atoms with E-state index in [4.69, 9.17) is 0 Å². The van der Waals surface area contributed by atoms with Gasteiger partial charge in [0.15, 0.2) is 0 Å². The van der Waals surface area contributed by atoms with E-state index in [0.29, 0.717) is 11.6 Å². The zero-order valence-corrected chi connectivity index (χ0v) is 19.8. The fraction of sp³-hybridized carbons (Fsp3) is 0.296. The molecule has 176 valence electrons. The van der Waals surface area contributed by atoms with Crippen LogP contribution in [0.1, 0.15) is 18.4 Å². The number of sulfonamides is 1. The van der Waals surface area contributed by atoms with Crippen LogP contribution in [0.5, 0.6) is 0 Å². The predicted octanol–water partition coefficient (Wildman–Crippen LogP) is 4.58. The number of benzene rings is 3. The summed E-state index contributed by atoms with van der Waals surface area (Å²) in [6.07, 6.45) is 2.24. The summed E-state index contributed by atoms with van der Waals surface area (Å²) in [6.45, 7) is 3.11. The van der Waals surface area contributed by atoms with Gasteiger partial charge in [0.05, 0.1) is 11.7 Å². The molecule has 3 aromatic carbocycles. The van der Waals surface area contributed by atoms with Crippen LogP contribution in [0, 0.1) is 11.8 Å². The van der Waals surface area contributed by atoms with Gasteiger partial charge in [-0.15, -0.1) is 0 Å². The predicted molar refractivity (Wildman–Crippen MR) is 136 cm³/mol. The van der Waals surface area contributed by atoms with Crippen molar-refractivity contribution >= 4 is 27.3 Å². The number of nitrogens with zero attached hydrogens (tertiary/aromatic N) is 1. The molecule has 0 saturated carbocycles. The summed E-state index contributed by atoms with van der Waals surface area (Å²) in [7, 11) is -3.49. The van der Waals surface area contributed by atoms with Gasteiger partial charge >= 0.3 is 0 Å². The molecule has 3 saturated heterocycles. The topological polar surface area (TPSA) is 78.5 Å². The summed E-state index contributed by atoms with van der Waals surface area (Å²) < 4.78 is 27.6. The number of amides is 1. The van der Waals surface area contributed by atoms with Gasteiger partial charge in [-0.25, -0.2) is 8.42 Å². The second-order valence-corrected chi connectivity index (χ2v) is 11.0. The van der Waals surface area contributed by atoms with E-state index in [0.717, 1.165) is 54.9 Å². The van der Waals surface area contributed by atoms with Crippen LogP contribution in [0.4, 0.5) is 11.4 Å². The molecule has 6 nitrogen and oxygen atoms in total. The normalized spacial score (nSPS) is 21.7. The highest BCUT2D eigenvalue weighted by atomic mass is 32.2. The third kappa shape index (κ3) is 5.32. The fourth-order valence-electron chi connectivity index (χ4n) is 4.98. The van der Waals surface area contributed by atoms with Gasteiger partial charge in [0.25, 0.3) is 0 Å². The highest BCUT2D eigenvalue weighted by Gasteiger charge is 2.38. The number of rotatable bonds is 7.